The SMILES string of the molecule is Cc1ccc(C(=O)N/N=C(\CC(C)C)c2ccccc2)cc1[N+](=O)[O-]. The molecule has 6 heteroatoms. The zero-order valence-corrected chi connectivity index (χ0v) is 14.5. The van der Waals surface area contributed by atoms with Gasteiger partial charge in [0.05, 0.1) is 10.6 Å². The quantitative estimate of drug-likeness (QED) is 0.489. The number of hydrogen-bond donors (Lipinski definition) is 1. The maximum atomic E-state index is 12.3. The second-order valence-corrected chi connectivity index (χ2v) is 6.22. The molecule has 0 fully saturated rings. The Morgan fingerprint density at radius 1 is 1.16 bits per heavy atom. The van der Waals surface area contributed by atoms with E-state index in [9.17, 15) is 14.9 Å². The van der Waals surface area contributed by atoms with Gasteiger partial charge in [0.15, 0.2) is 0 Å². The summed E-state index contributed by atoms with van der Waals surface area (Å²) in [5.41, 5.74) is 4.85. The van der Waals surface area contributed by atoms with Gasteiger partial charge in [0.25, 0.3) is 11.6 Å². The molecular formula is C19H21N3O3. The average molecular weight is 339 g/mol. The Morgan fingerprint density at radius 2 is 1.84 bits per heavy atom. The minimum absolute atomic E-state index is 0.0814. The van der Waals surface area contributed by atoms with Crippen molar-refractivity contribution in [1.82, 2.24) is 5.43 Å². The van der Waals surface area contributed by atoms with Crippen molar-refractivity contribution < 1.29 is 9.72 Å². The summed E-state index contributed by atoms with van der Waals surface area (Å²) in [6.07, 6.45) is 0.707. The van der Waals surface area contributed by atoms with Crippen LogP contribution in [0.3, 0.4) is 0 Å². The second kappa shape index (κ2) is 8.19. The highest BCUT2D eigenvalue weighted by Gasteiger charge is 2.15. The molecule has 0 aliphatic carbocycles. The summed E-state index contributed by atoms with van der Waals surface area (Å²) in [7, 11) is 0. The lowest BCUT2D eigenvalue weighted by Crippen LogP contribution is -2.21. The molecule has 130 valence electrons. The van der Waals surface area contributed by atoms with Crippen molar-refractivity contribution >= 4 is 17.3 Å². The monoisotopic (exact) mass is 339 g/mol. The van der Waals surface area contributed by atoms with Crippen molar-refractivity contribution in [2.45, 2.75) is 27.2 Å². The Kier molecular flexibility index (Phi) is 6.00. The van der Waals surface area contributed by atoms with Gasteiger partial charge in [-0.25, -0.2) is 5.43 Å². The van der Waals surface area contributed by atoms with E-state index in [1.54, 1.807) is 19.1 Å². The topological polar surface area (TPSA) is 84.6 Å². The van der Waals surface area contributed by atoms with Gasteiger partial charge < -0.3 is 0 Å². The maximum absolute atomic E-state index is 12.3. The fourth-order valence-electron chi connectivity index (χ4n) is 2.38. The van der Waals surface area contributed by atoms with Gasteiger partial charge in [-0.3, -0.25) is 14.9 Å². The molecule has 0 saturated carbocycles. The minimum Gasteiger partial charge on any atom is -0.267 e. The molecule has 0 bridgehead atoms. The molecule has 2 aromatic rings. The van der Waals surface area contributed by atoms with Crippen molar-refractivity contribution in [3.63, 3.8) is 0 Å². The predicted octanol–water partition coefficient (Wildman–Crippen LogP) is 4.08. The summed E-state index contributed by atoms with van der Waals surface area (Å²) in [5, 5.41) is 15.3. The van der Waals surface area contributed by atoms with Crippen molar-refractivity contribution in [3.8, 4) is 0 Å². The molecule has 6 nitrogen and oxygen atoms in total. The number of nitrogens with one attached hydrogen (secondary N) is 1. The summed E-state index contributed by atoms with van der Waals surface area (Å²) in [6, 6.07) is 14.0. The molecule has 0 heterocycles. The van der Waals surface area contributed by atoms with E-state index in [2.05, 4.69) is 24.4 Å². The van der Waals surface area contributed by atoms with Crippen LogP contribution >= 0.6 is 0 Å². The number of hydrazone groups is 1. The summed E-state index contributed by atoms with van der Waals surface area (Å²) >= 11 is 0. The summed E-state index contributed by atoms with van der Waals surface area (Å²) < 4.78 is 0. The summed E-state index contributed by atoms with van der Waals surface area (Å²) in [5.74, 6) is -0.100. The highest BCUT2D eigenvalue weighted by Crippen LogP contribution is 2.19. The van der Waals surface area contributed by atoms with E-state index in [1.165, 1.54) is 6.07 Å². The first-order valence-corrected chi connectivity index (χ1v) is 8.06. The average Bonchev–Trinajstić information content (AvgIpc) is 2.59. The lowest BCUT2D eigenvalue weighted by Gasteiger charge is -2.10. The van der Waals surface area contributed by atoms with Crippen LogP contribution in [0.4, 0.5) is 5.69 Å². The number of amides is 1. The third-order valence-corrected chi connectivity index (χ3v) is 3.67. The lowest BCUT2D eigenvalue weighted by molar-refractivity contribution is -0.385. The third kappa shape index (κ3) is 4.97. The molecule has 1 N–H and O–H groups in total. The highest BCUT2D eigenvalue weighted by atomic mass is 16.6. The first-order chi connectivity index (χ1) is 11.9. The van der Waals surface area contributed by atoms with Gasteiger partial charge in [-0.05, 0) is 30.9 Å². The van der Waals surface area contributed by atoms with Crippen molar-refractivity contribution in [3.05, 3.63) is 75.3 Å². The van der Waals surface area contributed by atoms with Crippen LogP contribution in [-0.2, 0) is 0 Å². The van der Waals surface area contributed by atoms with Gasteiger partial charge in [0, 0.05) is 17.2 Å². The Labute approximate surface area is 146 Å². The predicted molar refractivity (Wildman–Crippen MR) is 97.7 cm³/mol. The maximum Gasteiger partial charge on any atom is 0.273 e. The van der Waals surface area contributed by atoms with E-state index >= 15 is 0 Å². The van der Waals surface area contributed by atoms with Gasteiger partial charge in [-0.1, -0.05) is 50.2 Å². The van der Waals surface area contributed by atoms with Crippen LogP contribution < -0.4 is 5.43 Å². The number of aryl methyl sites for hydroxylation is 1. The molecular weight excluding hydrogens is 318 g/mol. The molecule has 1 amide bonds. The molecule has 0 atom stereocenters. The van der Waals surface area contributed by atoms with Gasteiger partial charge in [-0.2, -0.15) is 5.10 Å². The highest BCUT2D eigenvalue weighted by molar-refractivity contribution is 6.02. The summed E-state index contributed by atoms with van der Waals surface area (Å²) in [6.45, 7) is 5.78. The number of carbonyl (C=O) groups excluding carboxylic acids is 1. The Bertz CT molecular complexity index is 799. The number of hydrogen-bond acceptors (Lipinski definition) is 4. The molecule has 0 aromatic heterocycles. The van der Waals surface area contributed by atoms with Crippen LogP contribution in [0.25, 0.3) is 0 Å². The van der Waals surface area contributed by atoms with Gasteiger partial charge in [0.2, 0.25) is 0 Å². The molecule has 0 aliphatic rings. The molecule has 0 spiro atoms. The van der Waals surface area contributed by atoms with Crippen LogP contribution in [0.2, 0.25) is 0 Å². The van der Waals surface area contributed by atoms with Crippen LogP contribution in [-0.4, -0.2) is 16.5 Å². The summed E-state index contributed by atoms with van der Waals surface area (Å²) in [4.78, 5) is 22.8. The van der Waals surface area contributed by atoms with E-state index in [1.807, 2.05) is 30.3 Å². The van der Waals surface area contributed by atoms with Crippen molar-refractivity contribution in [1.29, 1.82) is 0 Å². The van der Waals surface area contributed by atoms with Gasteiger partial charge in [0.1, 0.15) is 0 Å². The zero-order chi connectivity index (χ0) is 18.4. The largest absolute Gasteiger partial charge is 0.273 e. The number of nitrogens with zero attached hydrogens (tertiary/aromatic N) is 2. The Balaban J connectivity index is 2.24. The van der Waals surface area contributed by atoms with Gasteiger partial charge in [-0.15, -0.1) is 0 Å². The van der Waals surface area contributed by atoms with E-state index in [0.717, 1.165) is 11.3 Å². The lowest BCUT2D eigenvalue weighted by atomic mass is 10.0. The van der Waals surface area contributed by atoms with Crippen LogP contribution in [0, 0.1) is 23.0 Å². The zero-order valence-electron chi connectivity index (χ0n) is 14.5. The molecule has 0 radical (unpaired) electrons. The minimum atomic E-state index is -0.496. The van der Waals surface area contributed by atoms with Crippen molar-refractivity contribution in [2.24, 2.45) is 11.0 Å². The van der Waals surface area contributed by atoms with Crippen LogP contribution in [0.15, 0.2) is 53.6 Å². The fourth-order valence-corrected chi connectivity index (χ4v) is 2.38. The van der Waals surface area contributed by atoms with Crippen LogP contribution in [0.1, 0.15) is 41.8 Å². The first-order valence-electron chi connectivity index (χ1n) is 8.06. The second-order valence-electron chi connectivity index (χ2n) is 6.22. The molecule has 25 heavy (non-hydrogen) atoms. The third-order valence-electron chi connectivity index (χ3n) is 3.67. The number of nitro benzene ring substituents is 1. The standard InChI is InChI=1S/C19H21N3O3/c1-13(2)11-17(15-7-5-4-6-8-15)20-21-19(23)16-10-9-14(3)18(12-16)22(24)25/h4-10,12-13H,11H2,1-3H3,(H,21,23)/b20-17+. The number of carbonyl (C=O) groups is 1. The Hall–Kier alpha value is -3.02. The number of nitro groups is 1. The normalized spacial score (nSPS) is 11.4. The van der Waals surface area contributed by atoms with E-state index < -0.39 is 10.8 Å². The molecule has 0 aliphatic heterocycles. The van der Waals surface area contributed by atoms with Crippen LogP contribution in [0.5, 0.6) is 0 Å². The first kappa shape index (κ1) is 18.3. The molecule has 0 saturated heterocycles. The molecule has 2 aromatic carbocycles. The van der Waals surface area contributed by atoms with Crippen molar-refractivity contribution in [2.75, 3.05) is 0 Å². The Morgan fingerprint density at radius 3 is 2.44 bits per heavy atom. The molecule has 2 rings (SSSR count). The van der Waals surface area contributed by atoms with E-state index in [-0.39, 0.29) is 11.3 Å². The number of rotatable bonds is 6. The fraction of sp³-hybridized carbons (Fsp3) is 0.263. The van der Waals surface area contributed by atoms with Gasteiger partial charge >= 0.3 is 0 Å². The molecule has 0 unspecified atom stereocenters. The van der Waals surface area contributed by atoms with E-state index in [0.29, 0.717) is 17.9 Å². The smallest absolute Gasteiger partial charge is 0.267 e. The number of benzene rings is 2. The van der Waals surface area contributed by atoms with E-state index in [4.69, 9.17) is 0 Å².